The van der Waals surface area contributed by atoms with Crippen LogP contribution < -0.4 is 0 Å². The number of carbonyl (C=O) groups excluding carboxylic acids is 2. The van der Waals surface area contributed by atoms with Crippen molar-refractivity contribution in [3.63, 3.8) is 0 Å². The number of benzene rings is 1. The van der Waals surface area contributed by atoms with Crippen molar-refractivity contribution in [3.05, 3.63) is 35.4 Å². The highest BCUT2D eigenvalue weighted by atomic mass is 16.5. The lowest BCUT2D eigenvalue weighted by Crippen LogP contribution is -2.50. The molecule has 3 aliphatic rings. The summed E-state index contributed by atoms with van der Waals surface area (Å²) in [6, 6.07) is 7.37. The molecule has 0 bridgehead atoms. The zero-order valence-corrected chi connectivity index (χ0v) is 13.5. The van der Waals surface area contributed by atoms with E-state index in [1.54, 1.807) is 4.90 Å². The van der Waals surface area contributed by atoms with Crippen molar-refractivity contribution in [3.8, 4) is 0 Å². The van der Waals surface area contributed by atoms with E-state index in [9.17, 15) is 9.59 Å². The Balaban J connectivity index is 1.58. The van der Waals surface area contributed by atoms with E-state index in [0.29, 0.717) is 13.2 Å². The smallest absolute Gasteiger partial charge is 0.330 e. The number of amides is 3. The third kappa shape index (κ3) is 2.26. The Kier molecular flexibility index (Phi) is 3.41. The Bertz CT molecular complexity index is 634. The van der Waals surface area contributed by atoms with Crippen LogP contribution in [0.25, 0.3) is 0 Å². The Morgan fingerprint density at radius 3 is 2.52 bits per heavy atom. The van der Waals surface area contributed by atoms with Gasteiger partial charge in [-0.1, -0.05) is 36.2 Å². The molecule has 5 heteroatoms. The van der Waals surface area contributed by atoms with Gasteiger partial charge in [-0.25, -0.2) is 4.79 Å². The molecule has 1 aromatic carbocycles. The summed E-state index contributed by atoms with van der Waals surface area (Å²) in [5.74, 6) is -0.113. The lowest BCUT2D eigenvalue weighted by Gasteiger charge is -2.39. The van der Waals surface area contributed by atoms with Crippen LogP contribution in [0.4, 0.5) is 4.79 Å². The van der Waals surface area contributed by atoms with Crippen LogP contribution in [0.2, 0.25) is 0 Å². The fraction of sp³-hybridized carbons (Fsp3) is 0.556. The van der Waals surface area contributed by atoms with Crippen molar-refractivity contribution >= 4 is 11.9 Å². The molecule has 2 saturated heterocycles. The molecule has 5 nitrogen and oxygen atoms in total. The molecule has 3 fully saturated rings. The van der Waals surface area contributed by atoms with Crippen LogP contribution in [-0.4, -0.2) is 40.1 Å². The van der Waals surface area contributed by atoms with E-state index in [1.807, 2.05) is 31.2 Å². The number of urea groups is 1. The van der Waals surface area contributed by atoms with Gasteiger partial charge in [0.1, 0.15) is 11.8 Å². The average molecular weight is 314 g/mol. The van der Waals surface area contributed by atoms with Gasteiger partial charge in [0.25, 0.3) is 5.91 Å². The van der Waals surface area contributed by atoms with E-state index in [-0.39, 0.29) is 11.9 Å². The molecule has 2 aliphatic heterocycles. The highest BCUT2D eigenvalue weighted by molar-refractivity contribution is 6.05. The first-order chi connectivity index (χ1) is 11.1. The molecule has 1 spiro atoms. The summed E-state index contributed by atoms with van der Waals surface area (Å²) in [6.45, 7) is 2.71. The molecular weight excluding hydrogens is 292 g/mol. The van der Waals surface area contributed by atoms with Crippen molar-refractivity contribution in [2.45, 2.75) is 57.3 Å². The summed E-state index contributed by atoms with van der Waals surface area (Å²) in [5, 5.41) is 0. The third-order valence-corrected chi connectivity index (χ3v) is 5.34. The largest absolute Gasteiger partial charge is 0.353 e. The number of hydrogen-bond acceptors (Lipinski definition) is 3. The summed E-state index contributed by atoms with van der Waals surface area (Å²) < 4.78 is 5.96. The van der Waals surface area contributed by atoms with Gasteiger partial charge >= 0.3 is 6.03 Å². The number of imide groups is 1. The fourth-order valence-corrected chi connectivity index (χ4v) is 4.07. The summed E-state index contributed by atoms with van der Waals surface area (Å²) >= 11 is 0. The number of carbonyl (C=O) groups is 2. The van der Waals surface area contributed by atoms with Crippen LogP contribution in [-0.2, 0) is 16.1 Å². The molecule has 0 aromatic heterocycles. The molecule has 4 rings (SSSR count). The monoisotopic (exact) mass is 314 g/mol. The Hall–Kier alpha value is -1.88. The molecular formula is C18H22N2O3. The third-order valence-electron chi connectivity index (χ3n) is 5.34. The van der Waals surface area contributed by atoms with Gasteiger partial charge < -0.3 is 4.74 Å². The fourth-order valence-electron chi connectivity index (χ4n) is 4.07. The number of ether oxygens (including phenoxy) is 1. The van der Waals surface area contributed by atoms with Crippen molar-refractivity contribution < 1.29 is 14.3 Å². The SMILES string of the molecule is Cc1ccc(CN2C(=O)[C@H]3COC4(CCCCC4)N3C2=O)cc1. The second-order valence-corrected chi connectivity index (χ2v) is 6.90. The average Bonchev–Trinajstić information content (AvgIpc) is 3.03. The molecule has 0 unspecified atom stereocenters. The van der Waals surface area contributed by atoms with Crippen molar-refractivity contribution in [1.29, 1.82) is 0 Å². The zero-order chi connectivity index (χ0) is 16.0. The lowest BCUT2D eigenvalue weighted by molar-refractivity contribution is -0.128. The minimum atomic E-state index is -0.530. The van der Waals surface area contributed by atoms with E-state index in [0.717, 1.165) is 31.2 Å². The van der Waals surface area contributed by atoms with Crippen LogP contribution in [0.15, 0.2) is 24.3 Å². The summed E-state index contributed by atoms with van der Waals surface area (Å²) in [7, 11) is 0. The molecule has 0 radical (unpaired) electrons. The van der Waals surface area contributed by atoms with Gasteiger partial charge in [-0.2, -0.15) is 0 Å². The topological polar surface area (TPSA) is 49.9 Å². The maximum Gasteiger partial charge on any atom is 0.330 e. The van der Waals surface area contributed by atoms with E-state index >= 15 is 0 Å². The maximum absolute atomic E-state index is 12.9. The van der Waals surface area contributed by atoms with E-state index in [4.69, 9.17) is 4.74 Å². The molecule has 1 aromatic rings. The van der Waals surface area contributed by atoms with Crippen LogP contribution in [0.1, 0.15) is 43.2 Å². The lowest BCUT2D eigenvalue weighted by atomic mass is 9.90. The minimum Gasteiger partial charge on any atom is -0.353 e. The minimum absolute atomic E-state index is 0.113. The zero-order valence-electron chi connectivity index (χ0n) is 13.5. The van der Waals surface area contributed by atoms with Gasteiger partial charge in [-0.3, -0.25) is 14.6 Å². The predicted octanol–water partition coefficient (Wildman–Crippen LogP) is 2.82. The van der Waals surface area contributed by atoms with Crippen molar-refractivity contribution in [2.75, 3.05) is 6.61 Å². The number of hydrogen-bond donors (Lipinski definition) is 0. The van der Waals surface area contributed by atoms with Gasteiger partial charge in [0.05, 0.1) is 13.2 Å². The number of fused-ring (bicyclic) bond motifs is 2. The maximum atomic E-state index is 12.9. The highest BCUT2D eigenvalue weighted by Crippen LogP contribution is 2.43. The van der Waals surface area contributed by atoms with Crippen molar-refractivity contribution in [1.82, 2.24) is 9.80 Å². The summed E-state index contributed by atoms with van der Waals surface area (Å²) in [4.78, 5) is 28.7. The first kappa shape index (κ1) is 14.7. The molecule has 1 saturated carbocycles. The first-order valence-electron chi connectivity index (χ1n) is 8.45. The summed E-state index contributed by atoms with van der Waals surface area (Å²) in [5.41, 5.74) is 1.62. The predicted molar refractivity (Wildman–Crippen MR) is 84.5 cm³/mol. The molecule has 1 aliphatic carbocycles. The van der Waals surface area contributed by atoms with E-state index < -0.39 is 11.8 Å². The molecule has 122 valence electrons. The first-order valence-corrected chi connectivity index (χ1v) is 8.45. The standard InChI is InChI=1S/C18H22N2O3/c1-13-5-7-14(8-6-13)11-19-16(21)15-12-23-18(20(15)17(19)22)9-3-2-4-10-18/h5-8,15H,2-4,9-12H2,1H3/t15-/m1/s1. The molecule has 2 heterocycles. The number of rotatable bonds is 2. The molecule has 23 heavy (non-hydrogen) atoms. The second kappa shape index (κ2) is 5.34. The van der Waals surface area contributed by atoms with Crippen molar-refractivity contribution in [2.24, 2.45) is 0 Å². The second-order valence-electron chi connectivity index (χ2n) is 6.90. The summed E-state index contributed by atoms with van der Waals surface area (Å²) in [6.07, 6.45) is 4.99. The van der Waals surface area contributed by atoms with Gasteiger partial charge in [0, 0.05) is 0 Å². The van der Waals surface area contributed by atoms with Crippen LogP contribution >= 0.6 is 0 Å². The van der Waals surface area contributed by atoms with Gasteiger partial charge in [0.2, 0.25) is 0 Å². The Morgan fingerprint density at radius 1 is 1.13 bits per heavy atom. The molecule has 0 N–H and O–H groups in total. The quantitative estimate of drug-likeness (QED) is 0.789. The van der Waals surface area contributed by atoms with Crippen LogP contribution in [0.5, 0.6) is 0 Å². The Labute approximate surface area is 136 Å². The number of aryl methyl sites for hydroxylation is 1. The highest BCUT2D eigenvalue weighted by Gasteiger charge is 2.59. The van der Waals surface area contributed by atoms with Crippen LogP contribution in [0.3, 0.4) is 0 Å². The van der Waals surface area contributed by atoms with E-state index in [2.05, 4.69) is 0 Å². The number of nitrogens with zero attached hydrogens (tertiary/aromatic N) is 2. The van der Waals surface area contributed by atoms with Gasteiger partial charge in [-0.15, -0.1) is 0 Å². The molecule has 3 amide bonds. The Morgan fingerprint density at radius 2 is 1.83 bits per heavy atom. The van der Waals surface area contributed by atoms with Crippen LogP contribution in [0, 0.1) is 6.92 Å². The van der Waals surface area contributed by atoms with Gasteiger partial charge in [-0.05, 0) is 38.2 Å². The normalized spacial score (nSPS) is 26.2. The van der Waals surface area contributed by atoms with E-state index in [1.165, 1.54) is 16.9 Å². The van der Waals surface area contributed by atoms with Gasteiger partial charge in [0.15, 0.2) is 0 Å². The molecule has 1 atom stereocenters.